The minimum atomic E-state index is -0.0952. The first-order valence-corrected chi connectivity index (χ1v) is 9.82. The van der Waals surface area contributed by atoms with E-state index < -0.39 is 0 Å². The van der Waals surface area contributed by atoms with Gasteiger partial charge in [0, 0.05) is 5.56 Å². The molecule has 28 heavy (non-hydrogen) atoms. The van der Waals surface area contributed by atoms with Gasteiger partial charge in [-0.2, -0.15) is 4.68 Å². The van der Waals surface area contributed by atoms with Crippen molar-refractivity contribution in [3.8, 4) is 17.1 Å². The van der Waals surface area contributed by atoms with Crippen molar-refractivity contribution >= 4 is 11.8 Å². The monoisotopic (exact) mass is 392 g/mol. The number of aryl methyl sites for hydroxylation is 3. The lowest BCUT2D eigenvalue weighted by Gasteiger charge is -2.10. The molecule has 1 atom stereocenters. The summed E-state index contributed by atoms with van der Waals surface area (Å²) < 4.78 is 7.63. The van der Waals surface area contributed by atoms with Crippen molar-refractivity contribution in [2.24, 2.45) is 0 Å². The molecule has 4 rings (SSSR count). The number of tetrazole rings is 1. The summed E-state index contributed by atoms with van der Waals surface area (Å²) in [7, 11) is 0. The number of hydrogen-bond donors (Lipinski definition) is 0. The Hall–Kier alpha value is -3.00. The van der Waals surface area contributed by atoms with Gasteiger partial charge in [0.2, 0.25) is 16.9 Å². The van der Waals surface area contributed by atoms with Crippen LogP contribution in [-0.4, -0.2) is 30.4 Å². The van der Waals surface area contributed by atoms with Crippen LogP contribution < -0.4 is 0 Å². The molecule has 0 unspecified atom stereocenters. The maximum absolute atomic E-state index is 5.88. The van der Waals surface area contributed by atoms with Crippen LogP contribution in [0.1, 0.15) is 34.8 Å². The SMILES string of the molecule is Cc1ccc(-c2nnc([C@@H](C)Sc3nnnn3-c3ccc(C)cc3C)o2)cc1. The molecule has 0 bridgehead atoms. The van der Waals surface area contributed by atoms with Crippen LogP contribution in [0.15, 0.2) is 52.0 Å². The second kappa shape index (κ2) is 7.55. The molecule has 0 spiro atoms. The van der Waals surface area contributed by atoms with E-state index in [1.165, 1.54) is 22.9 Å². The molecular weight excluding hydrogens is 372 g/mol. The molecule has 8 heteroatoms. The highest BCUT2D eigenvalue weighted by molar-refractivity contribution is 7.99. The van der Waals surface area contributed by atoms with Gasteiger partial charge in [-0.3, -0.25) is 0 Å². The Balaban J connectivity index is 1.56. The Morgan fingerprint density at radius 3 is 2.43 bits per heavy atom. The number of aromatic nitrogens is 6. The molecule has 0 N–H and O–H groups in total. The van der Waals surface area contributed by atoms with Gasteiger partial charge in [0.1, 0.15) is 0 Å². The van der Waals surface area contributed by atoms with Gasteiger partial charge in [0.05, 0.1) is 10.9 Å². The van der Waals surface area contributed by atoms with E-state index in [0.717, 1.165) is 16.8 Å². The van der Waals surface area contributed by atoms with E-state index in [1.54, 1.807) is 4.68 Å². The molecule has 142 valence electrons. The first kappa shape index (κ1) is 18.4. The zero-order chi connectivity index (χ0) is 19.7. The largest absolute Gasteiger partial charge is 0.419 e. The summed E-state index contributed by atoms with van der Waals surface area (Å²) in [5, 5.41) is 21.1. The Bertz CT molecular complexity index is 1100. The van der Waals surface area contributed by atoms with Gasteiger partial charge in [-0.05, 0) is 61.9 Å². The predicted octanol–water partition coefficient (Wildman–Crippen LogP) is 4.49. The molecule has 0 aliphatic rings. The maximum Gasteiger partial charge on any atom is 0.247 e. The highest BCUT2D eigenvalue weighted by Crippen LogP contribution is 2.35. The number of benzene rings is 2. The zero-order valence-corrected chi connectivity index (χ0v) is 16.9. The molecular formula is C20H20N6OS. The standard InChI is InChI=1S/C20H20N6OS/c1-12-5-8-16(9-6-12)19-22-21-18(27-19)15(4)28-20-23-24-25-26(20)17-10-7-13(2)11-14(17)3/h5-11,15H,1-4H3/t15-/m1/s1. The van der Waals surface area contributed by atoms with E-state index in [-0.39, 0.29) is 5.25 Å². The fourth-order valence-corrected chi connectivity index (χ4v) is 3.70. The van der Waals surface area contributed by atoms with Crippen LogP contribution >= 0.6 is 11.8 Å². The fourth-order valence-electron chi connectivity index (χ4n) is 2.87. The number of thioether (sulfide) groups is 1. The van der Waals surface area contributed by atoms with Gasteiger partial charge >= 0.3 is 0 Å². The summed E-state index contributed by atoms with van der Waals surface area (Å²) in [6.45, 7) is 8.16. The predicted molar refractivity (Wildman–Crippen MR) is 107 cm³/mol. The normalized spacial score (nSPS) is 12.3. The molecule has 0 radical (unpaired) electrons. The minimum absolute atomic E-state index is 0.0952. The van der Waals surface area contributed by atoms with E-state index in [4.69, 9.17) is 4.42 Å². The summed E-state index contributed by atoms with van der Waals surface area (Å²) in [6, 6.07) is 14.2. The summed E-state index contributed by atoms with van der Waals surface area (Å²) in [4.78, 5) is 0. The van der Waals surface area contributed by atoms with Crippen molar-refractivity contribution in [2.75, 3.05) is 0 Å². The molecule has 0 amide bonds. The van der Waals surface area contributed by atoms with Crippen molar-refractivity contribution in [2.45, 2.75) is 38.1 Å². The van der Waals surface area contributed by atoms with Crippen molar-refractivity contribution < 1.29 is 4.42 Å². The van der Waals surface area contributed by atoms with Crippen LogP contribution in [0.4, 0.5) is 0 Å². The van der Waals surface area contributed by atoms with Crippen molar-refractivity contribution in [1.82, 2.24) is 30.4 Å². The molecule has 0 aliphatic carbocycles. The van der Waals surface area contributed by atoms with Gasteiger partial charge in [0.15, 0.2) is 0 Å². The van der Waals surface area contributed by atoms with Crippen molar-refractivity contribution in [3.05, 3.63) is 65.0 Å². The molecule has 0 aliphatic heterocycles. The lowest BCUT2D eigenvalue weighted by atomic mass is 10.1. The van der Waals surface area contributed by atoms with Crippen molar-refractivity contribution in [1.29, 1.82) is 0 Å². The van der Waals surface area contributed by atoms with Gasteiger partial charge in [-0.1, -0.05) is 47.2 Å². The third kappa shape index (κ3) is 3.68. The van der Waals surface area contributed by atoms with Crippen LogP contribution in [0.5, 0.6) is 0 Å². The van der Waals surface area contributed by atoms with Gasteiger partial charge in [0.25, 0.3) is 0 Å². The first-order valence-electron chi connectivity index (χ1n) is 8.94. The van der Waals surface area contributed by atoms with Crippen LogP contribution in [0.25, 0.3) is 17.1 Å². The lowest BCUT2D eigenvalue weighted by Crippen LogP contribution is -2.02. The Kier molecular flexibility index (Phi) is 4.95. The minimum Gasteiger partial charge on any atom is -0.419 e. The lowest BCUT2D eigenvalue weighted by molar-refractivity contribution is 0.508. The topological polar surface area (TPSA) is 82.5 Å². The second-order valence-corrected chi connectivity index (χ2v) is 8.04. The highest BCUT2D eigenvalue weighted by atomic mass is 32.2. The molecule has 2 aromatic heterocycles. The zero-order valence-electron chi connectivity index (χ0n) is 16.1. The van der Waals surface area contributed by atoms with Gasteiger partial charge in [-0.25, -0.2) is 0 Å². The third-order valence-corrected chi connectivity index (χ3v) is 5.41. The Labute approximate surface area is 167 Å². The summed E-state index contributed by atoms with van der Waals surface area (Å²) in [5.41, 5.74) is 5.36. The summed E-state index contributed by atoms with van der Waals surface area (Å²) in [5.74, 6) is 1.05. The Morgan fingerprint density at radius 1 is 0.929 bits per heavy atom. The second-order valence-electron chi connectivity index (χ2n) is 6.73. The third-order valence-electron chi connectivity index (χ3n) is 4.39. The molecule has 0 saturated heterocycles. The fraction of sp³-hybridized carbons (Fsp3) is 0.250. The summed E-state index contributed by atoms with van der Waals surface area (Å²) in [6.07, 6.45) is 0. The van der Waals surface area contributed by atoms with Crippen molar-refractivity contribution in [3.63, 3.8) is 0 Å². The summed E-state index contributed by atoms with van der Waals surface area (Å²) >= 11 is 1.48. The first-order chi connectivity index (χ1) is 13.5. The van der Waals surface area contributed by atoms with Gasteiger partial charge < -0.3 is 4.42 Å². The number of rotatable bonds is 5. The molecule has 2 aromatic carbocycles. The Morgan fingerprint density at radius 2 is 1.68 bits per heavy atom. The van der Waals surface area contributed by atoms with Crippen LogP contribution in [0.2, 0.25) is 0 Å². The quantitative estimate of drug-likeness (QED) is 0.463. The molecule has 0 saturated carbocycles. The molecule has 4 aromatic rings. The van der Waals surface area contributed by atoms with E-state index in [1.807, 2.05) is 57.2 Å². The molecule has 7 nitrogen and oxygen atoms in total. The maximum atomic E-state index is 5.88. The number of nitrogens with zero attached hydrogens (tertiary/aromatic N) is 6. The van der Waals surface area contributed by atoms with E-state index in [9.17, 15) is 0 Å². The molecule has 2 heterocycles. The average Bonchev–Trinajstić information content (AvgIpc) is 3.32. The van der Waals surface area contributed by atoms with Crippen LogP contribution in [0.3, 0.4) is 0 Å². The van der Waals surface area contributed by atoms with E-state index in [0.29, 0.717) is 16.9 Å². The van der Waals surface area contributed by atoms with E-state index >= 15 is 0 Å². The van der Waals surface area contributed by atoms with Crippen LogP contribution in [0, 0.1) is 20.8 Å². The highest BCUT2D eigenvalue weighted by Gasteiger charge is 2.20. The number of hydrogen-bond acceptors (Lipinski definition) is 7. The van der Waals surface area contributed by atoms with Crippen LogP contribution in [-0.2, 0) is 0 Å². The van der Waals surface area contributed by atoms with E-state index in [2.05, 4.69) is 38.7 Å². The smallest absolute Gasteiger partial charge is 0.247 e. The average molecular weight is 392 g/mol. The van der Waals surface area contributed by atoms with Gasteiger partial charge in [-0.15, -0.1) is 15.3 Å². The molecule has 0 fully saturated rings.